The van der Waals surface area contributed by atoms with E-state index in [1.807, 2.05) is 0 Å². The lowest BCUT2D eigenvalue weighted by Gasteiger charge is -2.30. The smallest absolute Gasteiger partial charge is 0.0726 e. The van der Waals surface area contributed by atoms with Gasteiger partial charge in [-0.3, -0.25) is 0 Å². The lowest BCUT2D eigenvalue weighted by atomic mass is 9.94. The van der Waals surface area contributed by atoms with Crippen LogP contribution in [0.5, 0.6) is 0 Å². The molecule has 2 atom stereocenters. The fourth-order valence-electron chi connectivity index (χ4n) is 3.02. The summed E-state index contributed by atoms with van der Waals surface area (Å²) >= 11 is 0. The maximum absolute atomic E-state index is 5.67. The molecule has 3 rings (SSSR count). The van der Waals surface area contributed by atoms with Crippen molar-refractivity contribution in [2.24, 2.45) is 0 Å². The second-order valence-corrected chi connectivity index (χ2v) is 6.30. The average Bonchev–Trinajstić information content (AvgIpc) is 2.87. The summed E-state index contributed by atoms with van der Waals surface area (Å²) < 4.78 is 11.1. The highest BCUT2D eigenvalue weighted by Gasteiger charge is 2.36. The highest BCUT2D eigenvalue weighted by atomic mass is 16.5. The number of hydrogen-bond acceptors (Lipinski definition) is 4. The van der Waals surface area contributed by atoms with Gasteiger partial charge in [-0.2, -0.15) is 0 Å². The highest BCUT2D eigenvalue weighted by molar-refractivity contribution is 5.47. The molecule has 116 valence electrons. The Labute approximate surface area is 127 Å². The van der Waals surface area contributed by atoms with Crippen LogP contribution in [0, 0.1) is 0 Å². The zero-order valence-electron chi connectivity index (χ0n) is 13.1. The molecule has 2 saturated heterocycles. The van der Waals surface area contributed by atoms with E-state index in [4.69, 9.17) is 9.47 Å². The average molecular weight is 290 g/mol. The normalized spacial score (nSPS) is 29.8. The molecule has 0 spiro atoms. The molecular formula is C17H26N2O2. The third-order valence-electron chi connectivity index (χ3n) is 4.90. The van der Waals surface area contributed by atoms with Crippen LogP contribution in [0.15, 0.2) is 24.3 Å². The number of rotatable bonds is 4. The van der Waals surface area contributed by atoms with Crippen LogP contribution in [0.1, 0.15) is 25.8 Å². The molecule has 1 aromatic carbocycles. The van der Waals surface area contributed by atoms with E-state index >= 15 is 0 Å². The zero-order valence-corrected chi connectivity index (χ0v) is 13.1. The molecule has 2 unspecified atom stereocenters. The number of nitrogens with zero attached hydrogens (tertiary/aromatic N) is 1. The monoisotopic (exact) mass is 290 g/mol. The number of hydrogen-bond donors (Lipinski definition) is 1. The summed E-state index contributed by atoms with van der Waals surface area (Å²) in [6.07, 6.45) is 1.37. The van der Waals surface area contributed by atoms with Gasteiger partial charge < -0.3 is 19.7 Å². The lowest BCUT2D eigenvalue weighted by molar-refractivity contribution is 0.0881. The third kappa shape index (κ3) is 3.39. The largest absolute Gasteiger partial charge is 0.378 e. The van der Waals surface area contributed by atoms with Crippen LogP contribution in [0.4, 0.5) is 5.69 Å². The maximum Gasteiger partial charge on any atom is 0.0726 e. The minimum atomic E-state index is 0.100. The molecule has 0 aliphatic carbocycles. The molecule has 0 amide bonds. The summed E-state index contributed by atoms with van der Waals surface area (Å²) in [6, 6.07) is 8.89. The highest BCUT2D eigenvalue weighted by Crippen LogP contribution is 2.25. The van der Waals surface area contributed by atoms with Gasteiger partial charge in [-0.1, -0.05) is 12.1 Å². The Balaban J connectivity index is 1.57. The van der Waals surface area contributed by atoms with Crippen LogP contribution in [-0.2, 0) is 16.0 Å². The molecule has 0 aromatic heterocycles. The van der Waals surface area contributed by atoms with E-state index in [1.54, 1.807) is 0 Å². The molecule has 0 saturated carbocycles. The van der Waals surface area contributed by atoms with Gasteiger partial charge in [-0.15, -0.1) is 0 Å². The fraction of sp³-hybridized carbons (Fsp3) is 0.647. The van der Waals surface area contributed by atoms with Crippen LogP contribution in [-0.4, -0.2) is 44.6 Å². The molecule has 2 heterocycles. The van der Waals surface area contributed by atoms with E-state index in [1.165, 1.54) is 11.3 Å². The van der Waals surface area contributed by atoms with Gasteiger partial charge in [0, 0.05) is 37.5 Å². The Morgan fingerprint density at radius 1 is 1.19 bits per heavy atom. The lowest BCUT2D eigenvalue weighted by Crippen LogP contribution is -2.47. The maximum atomic E-state index is 5.67. The Bertz CT molecular complexity index is 456. The van der Waals surface area contributed by atoms with E-state index in [0.717, 1.165) is 45.9 Å². The number of ether oxygens (including phenoxy) is 2. The molecule has 2 aliphatic heterocycles. The molecule has 0 bridgehead atoms. The van der Waals surface area contributed by atoms with Crippen molar-refractivity contribution in [3.63, 3.8) is 0 Å². The minimum absolute atomic E-state index is 0.100. The van der Waals surface area contributed by atoms with Crippen LogP contribution < -0.4 is 10.2 Å². The van der Waals surface area contributed by atoms with Crippen molar-refractivity contribution >= 4 is 5.69 Å². The molecule has 4 heteroatoms. The summed E-state index contributed by atoms with van der Waals surface area (Å²) in [5, 5.41) is 3.66. The molecule has 4 nitrogen and oxygen atoms in total. The van der Waals surface area contributed by atoms with Crippen molar-refractivity contribution < 1.29 is 9.47 Å². The predicted octanol–water partition coefficient (Wildman–Crippen LogP) is 2.18. The number of anilines is 1. The van der Waals surface area contributed by atoms with Crippen LogP contribution in [0.3, 0.4) is 0 Å². The van der Waals surface area contributed by atoms with Gasteiger partial charge in [0.2, 0.25) is 0 Å². The number of nitrogens with one attached hydrogen (secondary N) is 1. The van der Waals surface area contributed by atoms with Crippen LogP contribution in [0.2, 0.25) is 0 Å². The van der Waals surface area contributed by atoms with E-state index in [2.05, 4.69) is 48.3 Å². The van der Waals surface area contributed by atoms with Crippen molar-refractivity contribution in [1.82, 2.24) is 5.32 Å². The molecule has 2 fully saturated rings. The van der Waals surface area contributed by atoms with Crippen molar-refractivity contribution in [3.8, 4) is 0 Å². The van der Waals surface area contributed by atoms with E-state index < -0.39 is 0 Å². The van der Waals surface area contributed by atoms with Crippen molar-refractivity contribution in [2.45, 2.75) is 38.5 Å². The molecule has 1 N–H and O–H groups in total. The molecule has 2 aliphatic rings. The Morgan fingerprint density at radius 3 is 2.52 bits per heavy atom. The first kappa shape index (κ1) is 14.8. The first-order valence-electron chi connectivity index (χ1n) is 7.96. The SMILES string of the molecule is CC1OCCC1(C)NCc1ccc(N2CCOCC2)cc1. The van der Waals surface area contributed by atoms with Crippen molar-refractivity contribution in [2.75, 3.05) is 37.8 Å². The molecule has 0 radical (unpaired) electrons. The number of benzene rings is 1. The Morgan fingerprint density at radius 2 is 1.90 bits per heavy atom. The van der Waals surface area contributed by atoms with Gasteiger partial charge in [0.15, 0.2) is 0 Å². The van der Waals surface area contributed by atoms with E-state index in [0.29, 0.717) is 0 Å². The van der Waals surface area contributed by atoms with Crippen molar-refractivity contribution in [1.29, 1.82) is 0 Å². The van der Waals surface area contributed by atoms with Gasteiger partial charge in [0.25, 0.3) is 0 Å². The van der Waals surface area contributed by atoms with E-state index in [-0.39, 0.29) is 11.6 Å². The van der Waals surface area contributed by atoms with Gasteiger partial charge in [0.05, 0.1) is 19.3 Å². The van der Waals surface area contributed by atoms with Gasteiger partial charge in [-0.25, -0.2) is 0 Å². The molecular weight excluding hydrogens is 264 g/mol. The molecule has 1 aromatic rings. The quantitative estimate of drug-likeness (QED) is 0.921. The van der Waals surface area contributed by atoms with Crippen LogP contribution in [0.25, 0.3) is 0 Å². The standard InChI is InChI=1S/C17H26N2O2/c1-14-17(2,7-10-21-14)18-13-15-3-5-16(6-4-15)19-8-11-20-12-9-19/h3-6,14,18H,7-13H2,1-2H3. The van der Waals surface area contributed by atoms with Crippen molar-refractivity contribution in [3.05, 3.63) is 29.8 Å². The fourth-order valence-corrected chi connectivity index (χ4v) is 3.02. The van der Waals surface area contributed by atoms with E-state index in [9.17, 15) is 0 Å². The third-order valence-corrected chi connectivity index (χ3v) is 4.90. The zero-order chi connectivity index (χ0) is 14.7. The summed E-state index contributed by atoms with van der Waals surface area (Å²) in [5.74, 6) is 0. The van der Waals surface area contributed by atoms with Gasteiger partial charge in [0.1, 0.15) is 0 Å². The van der Waals surface area contributed by atoms with Gasteiger partial charge >= 0.3 is 0 Å². The van der Waals surface area contributed by atoms with Gasteiger partial charge in [-0.05, 0) is 38.0 Å². The summed E-state index contributed by atoms with van der Waals surface area (Å²) in [7, 11) is 0. The topological polar surface area (TPSA) is 33.7 Å². The Kier molecular flexibility index (Phi) is 4.48. The Hall–Kier alpha value is -1.10. The summed E-state index contributed by atoms with van der Waals surface area (Å²) in [6.45, 7) is 9.82. The second-order valence-electron chi connectivity index (χ2n) is 6.30. The number of morpholine rings is 1. The minimum Gasteiger partial charge on any atom is -0.378 e. The molecule has 21 heavy (non-hydrogen) atoms. The first-order chi connectivity index (χ1) is 10.2. The predicted molar refractivity (Wildman–Crippen MR) is 84.7 cm³/mol. The summed E-state index contributed by atoms with van der Waals surface area (Å²) in [4.78, 5) is 2.38. The second kappa shape index (κ2) is 6.34. The summed E-state index contributed by atoms with van der Waals surface area (Å²) in [5.41, 5.74) is 2.72. The van der Waals surface area contributed by atoms with Crippen LogP contribution >= 0.6 is 0 Å². The first-order valence-corrected chi connectivity index (χ1v) is 7.96.